The van der Waals surface area contributed by atoms with E-state index >= 15 is 0 Å². The lowest BCUT2D eigenvalue weighted by Crippen LogP contribution is -2.42. The predicted molar refractivity (Wildman–Crippen MR) is 81.5 cm³/mol. The first kappa shape index (κ1) is 16.1. The number of carbonyl (C=O) groups is 2. The second kappa shape index (κ2) is 7.63. The largest absolute Gasteiger partial charge is 0.481 e. The molecule has 22 heavy (non-hydrogen) atoms. The molecule has 120 valence electrons. The molecule has 2 heterocycles. The molecule has 1 aliphatic rings. The van der Waals surface area contributed by atoms with Crippen molar-refractivity contribution in [3.63, 3.8) is 0 Å². The van der Waals surface area contributed by atoms with Crippen molar-refractivity contribution in [1.82, 2.24) is 20.1 Å². The van der Waals surface area contributed by atoms with Gasteiger partial charge in [0.25, 0.3) is 0 Å². The monoisotopic (exact) mass is 306 g/mol. The first-order valence-electron chi connectivity index (χ1n) is 7.38. The molecular weight excluding hydrogens is 284 g/mol. The van der Waals surface area contributed by atoms with Crippen LogP contribution in [0.15, 0.2) is 18.3 Å². The Hall–Kier alpha value is -2.31. The Bertz CT molecular complexity index is 535. The van der Waals surface area contributed by atoms with Crippen LogP contribution in [-0.4, -0.2) is 60.0 Å². The maximum Gasteiger partial charge on any atom is 0.317 e. The summed E-state index contributed by atoms with van der Waals surface area (Å²) in [5, 5.41) is 2.88. The number of hydrogen-bond acceptors (Lipinski definition) is 4. The third-order valence-electron chi connectivity index (χ3n) is 3.70. The van der Waals surface area contributed by atoms with Crippen molar-refractivity contribution in [2.75, 3.05) is 33.3 Å². The van der Waals surface area contributed by atoms with E-state index in [0.29, 0.717) is 38.6 Å². The third-order valence-corrected chi connectivity index (χ3v) is 3.70. The summed E-state index contributed by atoms with van der Waals surface area (Å²) in [5.41, 5.74) is 0.832. The summed E-state index contributed by atoms with van der Waals surface area (Å²) in [6, 6.07) is 3.54. The maximum atomic E-state index is 12.3. The Kier molecular flexibility index (Phi) is 5.57. The topological polar surface area (TPSA) is 74.8 Å². The molecule has 1 aromatic heterocycles. The van der Waals surface area contributed by atoms with E-state index in [2.05, 4.69) is 10.3 Å². The number of pyridine rings is 1. The van der Waals surface area contributed by atoms with E-state index in [0.717, 1.165) is 12.0 Å². The zero-order valence-electron chi connectivity index (χ0n) is 13.0. The van der Waals surface area contributed by atoms with Crippen molar-refractivity contribution in [1.29, 1.82) is 0 Å². The van der Waals surface area contributed by atoms with Gasteiger partial charge in [-0.05, 0) is 12.5 Å². The Morgan fingerprint density at radius 1 is 1.27 bits per heavy atom. The van der Waals surface area contributed by atoms with Gasteiger partial charge in [-0.25, -0.2) is 9.78 Å². The molecule has 1 N–H and O–H groups in total. The third kappa shape index (κ3) is 4.09. The molecule has 1 fully saturated rings. The van der Waals surface area contributed by atoms with Gasteiger partial charge in [-0.2, -0.15) is 0 Å². The van der Waals surface area contributed by atoms with Gasteiger partial charge in [0.05, 0.1) is 7.11 Å². The Labute approximate surface area is 130 Å². The van der Waals surface area contributed by atoms with Gasteiger partial charge in [-0.3, -0.25) is 4.79 Å². The lowest BCUT2D eigenvalue weighted by molar-refractivity contribution is -0.128. The molecular formula is C15H22N4O3. The summed E-state index contributed by atoms with van der Waals surface area (Å²) >= 11 is 0. The number of aromatic nitrogens is 1. The van der Waals surface area contributed by atoms with Crippen molar-refractivity contribution in [2.24, 2.45) is 0 Å². The minimum absolute atomic E-state index is 0.0577. The van der Waals surface area contributed by atoms with Crippen LogP contribution in [0, 0.1) is 0 Å². The van der Waals surface area contributed by atoms with Gasteiger partial charge in [-0.15, -0.1) is 0 Å². The molecule has 1 aromatic rings. The molecule has 0 radical (unpaired) electrons. The number of urea groups is 1. The van der Waals surface area contributed by atoms with Crippen LogP contribution in [0.3, 0.4) is 0 Å². The van der Waals surface area contributed by atoms with E-state index in [1.54, 1.807) is 36.1 Å². The van der Waals surface area contributed by atoms with Crippen LogP contribution in [0.4, 0.5) is 4.79 Å². The van der Waals surface area contributed by atoms with E-state index in [1.165, 1.54) is 0 Å². The molecule has 0 aromatic carbocycles. The molecule has 1 saturated heterocycles. The summed E-state index contributed by atoms with van der Waals surface area (Å²) in [5.74, 6) is 0.573. The predicted octanol–water partition coefficient (Wildman–Crippen LogP) is 0.854. The van der Waals surface area contributed by atoms with Crippen LogP contribution >= 0.6 is 0 Å². The van der Waals surface area contributed by atoms with Gasteiger partial charge in [0, 0.05) is 51.4 Å². The van der Waals surface area contributed by atoms with Gasteiger partial charge in [0.2, 0.25) is 11.8 Å². The summed E-state index contributed by atoms with van der Waals surface area (Å²) in [6.07, 6.45) is 2.44. The number of methoxy groups -OCH3 is 1. The fraction of sp³-hybridized carbons (Fsp3) is 0.533. The summed E-state index contributed by atoms with van der Waals surface area (Å²) < 4.78 is 5.16. The lowest BCUT2D eigenvalue weighted by Gasteiger charge is -2.22. The Morgan fingerprint density at radius 3 is 2.73 bits per heavy atom. The van der Waals surface area contributed by atoms with Gasteiger partial charge < -0.3 is 19.9 Å². The molecule has 0 bridgehead atoms. The second-order valence-electron chi connectivity index (χ2n) is 5.18. The minimum Gasteiger partial charge on any atom is -0.481 e. The normalized spacial score (nSPS) is 15.2. The molecule has 2 rings (SSSR count). The highest BCUT2D eigenvalue weighted by molar-refractivity contribution is 5.75. The Morgan fingerprint density at radius 2 is 2.00 bits per heavy atom. The summed E-state index contributed by atoms with van der Waals surface area (Å²) in [7, 11) is 1.55. The zero-order chi connectivity index (χ0) is 15.9. The maximum absolute atomic E-state index is 12.3. The summed E-state index contributed by atoms with van der Waals surface area (Å²) in [4.78, 5) is 31.3. The average Bonchev–Trinajstić information content (AvgIpc) is 2.79. The Balaban J connectivity index is 1.88. The smallest absolute Gasteiger partial charge is 0.317 e. The highest BCUT2D eigenvalue weighted by Crippen LogP contribution is 2.13. The van der Waals surface area contributed by atoms with Crippen LogP contribution < -0.4 is 10.1 Å². The number of ether oxygens (including phenoxy) is 1. The van der Waals surface area contributed by atoms with Crippen molar-refractivity contribution in [3.8, 4) is 5.88 Å². The zero-order valence-corrected chi connectivity index (χ0v) is 13.0. The average molecular weight is 306 g/mol. The quantitative estimate of drug-likeness (QED) is 0.898. The van der Waals surface area contributed by atoms with Crippen LogP contribution in [0.25, 0.3) is 0 Å². The molecule has 0 saturated carbocycles. The number of amides is 3. The first-order chi connectivity index (χ1) is 10.6. The van der Waals surface area contributed by atoms with Gasteiger partial charge in [-0.1, -0.05) is 6.07 Å². The SMILES string of the molecule is COc1ncccc1CNC(=O)N1CCCN(C(C)=O)CC1. The molecule has 3 amide bonds. The van der Waals surface area contributed by atoms with Gasteiger partial charge in [0.15, 0.2) is 0 Å². The molecule has 0 unspecified atom stereocenters. The van der Waals surface area contributed by atoms with E-state index in [1.807, 2.05) is 6.07 Å². The lowest BCUT2D eigenvalue weighted by atomic mass is 10.2. The molecule has 0 aliphatic carbocycles. The van der Waals surface area contributed by atoms with Crippen molar-refractivity contribution < 1.29 is 14.3 Å². The molecule has 1 aliphatic heterocycles. The van der Waals surface area contributed by atoms with Crippen molar-refractivity contribution >= 4 is 11.9 Å². The first-order valence-corrected chi connectivity index (χ1v) is 7.38. The van der Waals surface area contributed by atoms with Crippen molar-refractivity contribution in [3.05, 3.63) is 23.9 Å². The molecule has 7 nitrogen and oxygen atoms in total. The second-order valence-corrected chi connectivity index (χ2v) is 5.18. The van der Waals surface area contributed by atoms with Gasteiger partial charge in [0.1, 0.15) is 0 Å². The number of nitrogens with zero attached hydrogens (tertiary/aromatic N) is 3. The van der Waals surface area contributed by atoms with Crippen LogP contribution in [0.5, 0.6) is 5.88 Å². The van der Waals surface area contributed by atoms with Crippen LogP contribution in [0.1, 0.15) is 18.9 Å². The molecule has 7 heteroatoms. The van der Waals surface area contributed by atoms with Crippen LogP contribution in [-0.2, 0) is 11.3 Å². The summed E-state index contributed by atoms with van der Waals surface area (Å²) in [6.45, 7) is 4.41. The molecule has 0 spiro atoms. The fourth-order valence-corrected chi connectivity index (χ4v) is 2.46. The van der Waals surface area contributed by atoms with Crippen LogP contribution in [0.2, 0.25) is 0 Å². The standard InChI is InChI=1S/C15H22N4O3/c1-12(20)18-7-4-8-19(10-9-18)15(21)17-11-13-5-3-6-16-14(13)22-2/h3,5-6H,4,7-11H2,1-2H3,(H,17,21). The number of carbonyl (C=O) groups excluding carboxylic acids is 2. The van der Waals surface area contributed by atoms with E-state index in [4.69, 9.17) is 4.74 Å². The van der Waals surface area contributed by atoms with Crippen molar-refractivity contribution in [2.45, 2.75) is 19.9 Å². The van der Waals surface area contributed by atoms with E-state index in [-0.39, 0.29) is 11.9 Å². The highest BCUT2D eigenvalue weighted by atomic mass is 16.5. The highest BCUT2D eigenvalue weighted by Gasteiger charge is 2.20. The molecule has 0 atom stereocenters. The van der Waals surface area contributed by atoms with Gasteiger partial charge >= 0.3 is 6.03 Å². The minimum atomic E-state index is -0.128. The fourth-order valence-electron chi connectivity index (χ4n) is 2.46. The van der Waals surface area contributed by atoms with E-state index in [9.17, 15) is 9.59 Å². The number of nitrogens with one attached hydrogen (secondary N) is 1. The number of rotatable bonds is 3. The van der Waals surface area contributed by atoms with E-state index < -0.39 is 0 Å². The number of hydrogen-bond donors (Lipinski definition) is 1.